The SMILES string of the molecule is c1ccc(-c2nc(-c3ccc4c(ccc5ccccc54)c3)nc(-c3ccc4c5ccccc5n(-c5ccccc5)c4c3)n2)cc1. The molecule has 0 N–H and O–H groups in total. The summed E-state index contributed by atoms with van der Waals surface area (Å²) in [4.78, 5) is 15.1. The summed E-state index contributed by atoms with van der Waals surface area (Å²) in [6.07, 6.45) is 0. The third-order valence-corrected chi connectivity index (χ3v) is 8.62. The standard InChI is InChI=1S/C41H26N4/c1-3-12-28(13-4-1)39-42-40(30-21-23-34-29(25-30)20-19-27-11-7-8-16-33(27)34)44-41(43-39)31-22-24-36-35-17-9-10-18-37(35)45(38(36)26-31)32-14-5-2-6-15-32/h1-26H. The summed E-state index contributed by atoms with van der Waals surface area (Å²) in [5, 5.41) is 7.25. The Bertz CT molecular complexity index is 2530. The summed E-state index contributed by atoms with van der Waals surface area (Å²) in [6.45, 7) is 0. The molecule has 0 amide bonds. The van der Waals surface area contributed by atoms with E-state index in [1.165, 1.54) is 32.4 Å². The molecule has 210 valence electrons. The molecule has 45 heavy (non-hydrogen) atoms. The van der Waals surface area contributed by atoms with Gasteiger partial charge in [-0.05, 0) is 51.9 Å². The van der Waals surface area contributed by atoms with Gasteiger partial charge < -0.3 is 4.57 Å². The Balaban J connectivity index is 1.26. The van der Waals surface area contributed by atoms with Crippen LogP contribution in [0.3, 0.4) is 0 Å². The third kappa shape index (κ3) is 4.27. The zero-order chi connectivity index (χ0) is 29.7. The molecule has 0 fully saturated rings. The zero-order valence-corrected chi connectivity index (χ0v) is 24.3. The number of hydrogen-bond donors (Lipinski definition) is 0. The summed E-state index contributed by atoms with van der Waals surface area (Å²) >= 11 is 0. The number of para-hydroxylation sites is 2. The molecule has 2 heterocycles. The molecular weight excluding hydrogens is 548 g/mol. The van der Waals surface area contributed by atoms with Gasteiger partial charge in [-0.2, -0.15) is 0 Å². The first-order valence-electron chi connectivity index (χ1n) is 15.1. The number of fused-ring (bicyclic) bond motifs is 6. The lowest BCUT2D eigenvalue weighted by Crippen LogP contribution is -2.00. The molecule has 0 aliphatic rings. The van der Waals surface area contributed by atoms with E-state index in [1.54, 1.807) is 0 Å². The largest absolute Gasteiger partial charge is 0.309 e. The van der Waals surface area contributed by atoms with E-state index in [0.717, 1.165) is 33.3 Å². The molecule has 0 aliphatic heterocycles. The third-order valence-electron chi connectivity index (χ3n) is 8.62. The van der Waals surface area contributed by atoms with Crippen LogP contribution < -0.4 is 0 Å². The fraction of sp³-hybridized carbons (Fsp3) is 0. The van der Waals surface area contributed by atoms with Crippen molar-refractivity contribution < 1.29 is 0 Å². The Morgan fingerprint density at radius 3 is 1.64 bits per heavy atom. The van der Waals surface area contributed by atoms with Gasteiger partial charge in [-0.1, -0.05) is 127 Å². The number of benzene rings is 7. The highest BCUT2D eigenvalue weighted by Crippen LogP contribution is 2.35. The Hall–Kier alpha value is -6.13. The van der Waals surface area contributed by atoms with Crippen molar-refractivity contribution in [1.82, 2.24) is 19.5 Å². The highest BCUT2D eigenvalue weighted by atomic mass is 15.0. The van der Waals surface area contributed by atoms with Crippen molar-refractivity contribution in [3.05, 3.63) is 158 Å². The number of aromatic nitrogens is 4. The molecule has 4 nitrogen and oxygen atoms in total. The second-order valence-electron chi connectivity index (χ2n) is 11.3. The van der Waals surface area contributed by atoms with Crippen LogP contribution in [0.15, 0.2) is 158 Å². The van der Waals surface area contributed by atoms with Crippen LogP contribution in [0.1, 0.15) is 0 Å². The smallest absolute Gasteiger partial charge is 0.164 e. The van der Waals surface area contributed by atoms with Crippen molar-refractivity contribution in [2.75, 3.05) is 0 Å². The first-order chi connectivity index (χ1) is 22.3. The van der Waals surface area contributed by atoms with Gasteiger partial charge >= 0.3 is 0 Å². The minimum atomic E-state index is 0.643. The van der Waals surface area contributed by atoms with E-state index in [4.69, 9.17) is 15.0 Å². The normalized spacial score (nSPS) is 11.6. The van der Waals surface area contributed by atoms with Gasteiger partial charge in [0.2, 0.25) is 0 Å². The Morgan fingerprint density at radius 1 is 0.333 bits per heavy atom. The lowest BCUT2D eigenvalue weighted by Gasteiger charge is -2.11. The predicted octanol–water partition coefficient (Wildman–Crippen LogP) is 10.3. The van der Waals surface area contributed by atoms with Crippen molar-refractivity contribution in [1.29, 1.82) is 0 Å². The van der Waals surface area contributed by atoms with E-state index in [0.29, 0.717) is 17.5 Å². The van der Waals surface area contributed by atoms with E-state index in [2.05, 4.69) is 132 Å². The number of rotatable bonds is 4. The van der Waals surface area contributed by atoms with Gasteiger partial charge in [-0.15, -0.1) is 0 Å². The van der Waals surface area contributed by atoms with E-state index in [-0.39, 0.29) is 0 Å². The van der Waals surface area contributed by atoms with Gasteiger partial charge in [0.05, 0.1) is 11.0 Å². The molecule has 2 aromatic heterocycles. The number of nitrogens with zero attached hydrogens (tertiary/aromatic N) is 4. The average Bonchev–Trinajstić information content (AvgIpc) is 3.45. The second kappa shape index (κ2) is 10.2. The van der Waals surface area contributed by atoms with Crippen molar-refractivity contribution in [2.45, 2.75) is 0 Å². The molecule has 9 rings (SSSR count). The molecule has 7 aromatic carbocycles. The van der Waals surface area contributed by atoms with Gasteiger partial charge in [-0.25, -0.2) is 15.0 Å². The maximum absolute atomic E-state index is 5.10. The topological polar surface area (TPSA) is 43.6 Å². The fourth-order valence-corrected chi connectivity index (χ4v) is 6.47. The van der Waals surface area contributed by atoms with Crippen LogP contribution >= 0.6 is 0 Å². The van der Waals surface area contributed by atoms with Crippen LogP contribution in [0.25, 0.3) is 83.2 Å². The molecule has 0 saturated carbocycles. The molecule has 4 heteroatoms. The highest BCUT2D eigenvalue weighted by molar-refractivity contribution is 6.10. The average molecular weight is 575 g/mol. The van der Waals surface area contributed by atoms with Gasteiger partial charge in [0, 0.05) is 33.2 Å². The van der Waals surface area contributed by atoms with Gasteiger partial charge in [0.25, 0.3) is 0 Å². The molecule has 0 saturated heterocycles. The lowest BCUT2D eigenvalue weighted by atomic mass is 10.00. The number of hydrogen-bond acceptors (Lipinski definition) is 3. The first kappa shape index (κ1) is 25.4. The van der Waals surface area contributed by atoms with Crippen molar-refractivity contribution in [2.24, 2.45) is 0 Å². The van der Waals surface area contributed by atoms with E-state index >= 15 is 0 Å². The summed E-state index contributed by atoms with van der Waals surface area (Å²) in [7, 11) is 0. The van der Waals surface area contributed by atoms with Crippen LogP contribution in [0, 0.1) is 0 Å². The quantitative estimate of drug-likeness (QED) is 0.196. The van der Waals surface area contributed by atoms with Crippen LogP contribution in [0.4, 0.5) is 0 Å². The maximum Gasteiger partial charge on any atom is 0.164 e. The highest BCUT2D eigenvalue weighted by Gasteiger charge is 2.17. The fourth-order valence-electron chi connectivity index (χ4n) is 6.47. The Morgan fingerprint density at radius 2 is 0.867 bits per heavy atom. The summed E-state index contributed by atoms with van der Waals surface area (Å²) < 4.78 is 2.32. The van der Waals surface area contributed by atoms with Crippen LogP contribution in [-0.2, 0) is 0 Å². The van der Waals surface area contributed by atoms with Crippen LogP contribution in [-0.4, -0.2) is 19.5 Å². The Labute approximate surface area is 259 Å². The molecular formula is C41H26N4. The molecule has 0 atom stereocenters. The monoisotopic (exact) mass is 574 g/mol. The molecule has 0 radical (unpaired) electrons. The summed E-state index contributed by atoms with van der Waals surface area (Å²) in [5.74, 6) is 1.94. The van der Waals surface area contributed by atoms with E-state index in [1.807, 2.05) is 30.3 Å². The van der Waals surface area contributed by atoms with Crippen LogP contribution in [0.2, 0.25) is 0 Å². The minimum Gasteiger partial charge on any atom is -0.309 e. The van der Waals surface area contributed by atoms with Gasteiger partial charge in [0.15, 0.2) is 17.5 Å². The van der Waals surface area contributed by atoms with E-state index in [9.17, 15) is 0 Å². The predicted molar refractivity (Wildman–Crippen MR) is 185 cm³/mol. The minimum absolute atomic E-state index is 0.643. The van der Waals surface area contributed by atoms with Crippen molar-refractivity contribution >= 4 is 43.4 Å². The maximum atomic E-state index is 5.10. The molecule has 0 unspecified atom stereocenters. The molecule has 0 spiro atoms. The van der Waals surface area contributed by atoms with Crippen LogP contribution in [0.5, 0.6) is 0 Å². The van der Waals surface area contributed by atoms with Gasteiger partial charge in [0.1, 0.15) is 0 Å². The summed E-state index contributed by atoms with van der Waals surface area (Å²) in [6, 6.07) is 55.1. The van der Waals surface area contributed by atoms with E-state index < -0.39 is 0 Å². The molecule has 0 bridgehead atoms. The Kier molecular flexibility index (Phi) is 5.78. The zero-order valence-electron chi connectivity index (χ0n) is 24.3. The lowest BCUT2D eigenvalue weighted by molar-refractivity contribution is 1.07. The van der Waals surface area contributed by atoms with Gasteiger partial charge in [-0.3, -0.25) is 0 Å². The van der Waals surface area contributed by atoms with Crippen molar-refractivity contribution in [3.8, 4) is 39.9 Å². The molecule has 9 aromatic rings. The van der Waals surface area contributed by atoms with Crippen molar-refractivity contribution in [3.63, 3.8) is 0 Å². The molecule has 0 aliphatic carbocycles. The first-order valence-corrected chi connectivity index (χ1v) is 15.1. The summed E-state index contributed by atoms with van der Waals surface area (Å²) in [5.41, 5.74) is 6.24. The second-order valence-corrected chi connectivity index (χ2v) is 11.3.